The predicted octanol–water partition coefficient (Wildman–Crippen LogP) is 0.108. The molecule has 1 heterocycles. The number of carbonyl (C=O) groups is 2. The van der Waals surface area contributed by atoms with Gasteiger partial charge in [-0.3, -0.25) is 14.5 Å². The van der Waals surface area contributed by atoms with Crippen molar-refractivity contribution in [1.82, 2.24) is 4.90 Å². The van der Waals surface area contributed by atoms with Gasteiger partial charge in [-0.25, -0.2) is 0 Å². The van der Waals surface area contributed by atoms with Gasteiger partial charge in [-0.05, 0) is 19.3 Å². The summed E-state index contributed by atoms with van der Waals surface area (Å²) in [5.41, 5.74) is 1.24. The van der Waals surface area contributed by atoms with Gasteiger partial charge in [-0.2, -0.15) is 0 Å². The van der Waals surface area contributed by atoms with Crippen LogP contribution in [0.1, 0.15) is 26.7 Å². The smallest absolute Gasteiger partial charge is 0.233 e. The number of carbonyl (C=O) groups excluding carboxylic acids is 2. The molecule has 1 fully saturated rings. The topological polar surface area (TPSA) is 41.8 Å². The van der Waals surface area contributed by atoms with Gasteiger partial charge in [0.05, 0.1) is 32.5 Å². The van der Waals surface area contributed by atoms with Gasteiger partial charge in [0.2, 0.25) is 11.8 Å². The molecular formula is C15H25N2O2+. The van der Waals surface area contributed by atoms with Gasteiger partial charge in [-0.15, -0.1) is 0 Å². The number of amides is 2. The average Bonchev–Trinajstić information content (AvgIpc) is 2.53. The van der Waals surface area contributed by atoms with E-state index in [1.807, 2.05) is 0 Å². The lowest BCUT2D eigenvalue weighted by Gasteiger charge is -2.25. The highest BCUT2D eigenvalue weighted by atomic mass is 16.2. The molecule has 4 heteroatoms. The fraction of sp³-hybridized carbons (Fsp3) is 0.733. The summed E-state index contributed by atoms with van der Waals surface area (Å²) >= 11 is 0. The van der Waals surface area contributed by atoms with Gasteiger partial charge in [0.15, 0.2) is 0 Å². The van der Waals surface area contributed by atoms with Crippen LogP contribution in [-0.4, -0.2) is 43.9 Å². The quantitative estimate of drug-likeness (QED) is 0.579. The zero-order valence-corrected chi connectivity index (χ0v) is 12.4. The molecule has 1 saturated heterocycles. The number of likely N-dealkylation sites (tertiary alicyclic amines) is 1. The third kappa shape index (κ3) is 2.73. The number of hydrogen-bond acceptors (Lipinski definition) is 2. The van der Waals surface area contributed by atoms with Crippen molar-refractivity contribution < 1.29 is 14.5 Å². The van der Waals surface area contributed by atoms with Crippen LogP contribution in [0.15, 0.2) is 11.6 Å². The van der Waals surface area contributed by atoms with Gasteiger partial charge in [0.1, 0.15) is 0 Å². The molecule has 4 nitrogen and oxygen atoms in total. The van der Waals surface area contributed by atoms with E-state index in [1.165, 1.54) is 15.4 Å². The number of nitrogens with zero attached hydrogens (tertiary/aromatic N) is 1. The second-order valence-electron chi connectivity index (χ2n) is 6.35. The van der Waals surface area contributed by atoms with E-state index < -0.39 is 0 Å². The van der Waals surface area contributed by atoms with Crippen LogP contribution in [0.25, 0.3) is 0 Å². The summed E-state index contributed by atoms with van der Waals surface area (Å²) in [4.78, 5) is 27.7. The second-order valence-corrected chi connectivity index (χ2v) is 6.35. The van der Waals surface area contributed by atoms with Crippen molar-refractivity contribution in [3.8, 4) is 0 Å². The highest BCUT2D eigenvalue weighted by Crippen LogP contribution is 2.40. The van der Waals surface area contributed by atoms with Crippen LogP contribution in [0.2, 0.25) is 0 Å². The summed E-state index contributed by atoms with van der Waals surface area (Å²) in [5.74, 6) is 0.102. The Labute approximate surface area is 115 Å². The highest BCUT2D eigenvalue weighted by molar-refractivity contribution is 6.05. The summed E-state index contributed by atoms with van der Waals surface area (Å²) in [5, 5.41) is 0. The molecule has 19 heavy (non-hydrogen) atoms. The second kappa shape index (κ2) is 5.45. The number of rotatable bonds is 4. The van der Waals surface area contributed by atoms with Crippen molar-refractivity contribution in [2.45, 2.75) is 26.7 Å². The standard InChI is InChI=1S/C15H24N2O2/c1-10-8-11(2)13-12(9-10)14(18)17(15(13)19)7-5-6-16(3)4/h8,11-13H,5-7,9H2,1-4H3/p+1/t11-,12+,13+/m0/s1. The Balaban J connectivity index is 2.06. The average molecular weight is 265 g/mol. The normalized spacial score (nSPS) is 30.9. The van der Waals surface area contributed by atoms with Gasteiger partial charge < -0.3 is 4.90 Å². The van der Waals surface area contributed by atoms with E-state index in [1.54, 1.807) is 0 Å². The van der Waals surface area contributed by atoms with Crippen molar-refractivity contribution in [3.05, 3.63) is 11.6 Å². The molecule has 3 atom stereocenters. The largest absolute Gasteiger partial charge is 0.340 e. The van der Waals surface area contributed by atoms with Crippen LogP contribution in [0.4, 0.5) is 0 Å². The van der Waals surface area contributed by atoms with Gasteiger partial charge in [0.25, 0.3) is 0 Å². The Morgan fingerprint density at radius 3 is 2.63 bits per heavy atom. The van der Waals surface area contributed by atoms with Crippen LogP contribution in [0.3, 0.4) is 0 Å². The molecule has 0 bridgehead atoms. The monoisotopic (exact) mass is 265 g/mol. The van der Waals surface area contributed by atoms with Crippen molar-refractivity contribution >= 4 is 11.8 Å². The molecule has 2 amide bonds. The molecule has 1 aliphatic heterocycles. The number of fused-ring (bicyclic) bond motifs is 1. The van der Waals surface area contributed by atoms with Crippen molar-refractivity contribution in [2.24, 2.45) is 17.8 Å². The molecule has 0 saturated carbocycles. The molecule has 0 aromatic carbocycles. The van der Waals surface area contributed by atoms with Crippen LogP contribution in [0.5, 0.6) is 0 Å². The molecule has 2 aliphatic rings. The molecule has 0 aromatic rings. The summed E-state index contributed by atoms with van der Waals surface area (Å²) < 4.78 is 0. The number of imide groups is 1. The van der Waals surface area contributed by atoms with E-state index >= 15 is 0 Å². The molecule has 0 aromatic heterocycles. The summed E-state index contributed by atoms with van der Waals surface area (Å²) in [6.07, 6.45) is 3.80. The molecule has 1 N–H and O–H groups in total. The number of hydrogen-bond donors (Lipinski definition) is 1. The van der Waals surface area contributed by atoms with Crippen molar-refractivity contribution in [1.29, 1.82) is 0 Å². The third-order valence-electron chi connectivity index (χ3n) is 4.28. The Hall–Kier alpha value is -1.16. The van der Waals surface area contributed by atoms with Crippen LogP contribution >= 0.6 is 0 Å². The highest BCUT2D eigenvalue weighted by Gasteiger charge is 2.50. The Morgan fingerprint density at radius 2 is 2.00 bits per heavy atom. The first kappa shape index (κ1) is 14.3. The first-order chi connectivity index (χ1) is 8.91. The number of allylic oxidation sites excluding steroid dienone is 2. The maximum atomic E-state index is 12.4. The van der Waals surface area contributed by atoms with E-state index in [4.69, 9.17) is 0 Å². The van der Waals surface area contributed by atoms with Crippen molar-refractivity contribution in [2.75, 3.05) is 27.2 Å². The minimum atomic E-state index is -0.108. The fourth-order valence-electron chi connectivity index (χ4n) is 3.40. The van der Waals surface area contributed by atoms with Crippen LogP contribution in [-0.2, 0) is 9.59 Å². The van der Waals surface area contributed by atoms with Crippen molar-refractivity contribution in [3.63, 3.8) is 0 Å². The first-order valence-corrected chi connectivity index (χ1v) is 7.23. The van der Waals surface area contributed by atoms with E-state index in [2.05, 4.69) is 34.0 Å². The summed E-state index contributed by atoms with van der Waals surface area (Å²) in [6.45, 7) is 5.68. The maximum Gasteiger partial charge on any atom is 0.233 e. The third-order valence-corrected chi connectivity index (χ3v) is 4.28. The molecule has 1 aliphatic carbocycles. The van der Waals surface area contributed by atoms with E-state index in [9.17, 15) is 9.59 Å². The number of quaternary nitrogens is 1. The lowest BCUT2D eigenvalue weighted by Crippen LogP contribution is -3.05. The Morgan fingerprint density at radius 1 is 1.32 bits per heavy atom. The Bertz CT molecular complexity index is 414. The van der Waals surface area contributed by atoms with Gasteiger partial charge in [-0.1, -0.05) is 18.6 Å². The molecule has 0 radical (unpaired) electrons. The molecular weight excluding hydrogens is 240 g/mol. The molecule has 106 valence electrons. The van der Waals surface area contributed by atoms with Crippen LogP contribution < -0.4 is 4.90 Å². The summed E-state index contributed by atoms with van der Waals surface area (Å²) in [7, 11) is 4.17. The molecule has 2 rings (SSSR count). The minimum absolute atomic E-state index is 0.0556. The molecule has 0 spiro atoms. The lowest BCUT2D eigenvalue weighted by atomic mass is 9.76. The Kier molecular flexibility index (Phi) is 4.09. The zero-order chi connectivity index (χ0) is 14.2. The minimum Gasteiger partial charge on any atom is -0.340 e. The van der Waals surface area contributed by atoms with E-state index in [0.29, 0.717) is 6.54 Å². The van der Waals surface area contributed by atoms with E-state index in [-0.39, 0.29) is 29.6 Å². The van der Waals surface area contributed by atoms with Gasteiger partial charge in [0, 0.05) is 13.0 Å². The number of nitrogens with one attached hydrogen (secondary N) is 1. The van der Waals surface area contributed by atoms with Crippen LogP contribution in [0, 0.1) is 17.8 Å². The summed E-state index contributed by atoms with van der Waals surface area (Å²) in [6, 6.07) is 0. The maximum absolute atomic E-state index is 12.4. The predicted molar refractivity (Wildman–Crippen MR) is 73.5 cm³/mol. The lowest BCUT2D eigenvalue weighted by molar-refractivity contribution is -0.858. The van der Waals surface area contributed by atoms with E-state index in [0.717, 1.165) is 19.4 Å². The SMILES string of the molecule is CC1=C[C@H](C)[C@H]2C(=O)N(CCC[NH+](C)C)C(=O)[C@@H]2C1. The fourth-order valence-corrected chi connectivity index (χ4v) is 3.40. The molecule has 0 unspecified atom stereocenters. The zero-order valence-electron chi connectivity index (χ0n) is 12.4. The first-order valence-electron chi connectivity index (χ1n) is 7.23. The van der Waals surface area contributed by atoms with Gasteiger partial charge >= 0.3 is 0 Å².